The Kier molecular flexibility index (Phi) is 3.75. The van der Waals surface area contributed by atoms with Crippen molar-refractivity contribution in [2.24, 2.45) is 0 Å². The van der Waals surface area contributed by atoms with E-state index in [0.29, 0.717) is 0 Å². The maximum Gasteiger partial charge on any atom is 0.109 e. The van der Waals surface area contributed by atoms with E-state index in [2.05, 4.69) is 43.7 Å². The molecule has 0 radical (unpaired) electrons. The van der Waals surface area contributed by atoms with Crippen LogP contribution in [0.25, 0.3) is 0 Å². The highest BCUT2D eigenvalue weighted by Crippen LogP contribution is 2.35. The van der Waals surface area contributed by atoms with E-state index in [1.165, 1.54) is 4.88 Å². The topological polar surface area (TPSA) is 12.9 Å². The molecule has 0 aliphatic rings. The zero-order valence-electron chi connectivity index (χ0n) is 10.6. The van der Waals surface area contributed by atoms with Gasteiger partial charge in [-0.25, -0.2) is 0 Å². The van der Waals surface area contributed by atoms with Gasteiger partial charge in [0.1, 0.15) is 4.34 Å². The molecule has 3 heteroatoms. The van der Waals surface area contributed by atoms with Crippen LogP contribution in [-0.4, -0.2) is 4.98 Å². The Morgan fingerprint density at radius 2 is 1.83 bits per heavy atom. The predicted molar refractivity (Wildman–Crippen MR) is 78.2 cm³/mol. The third-order valence-corrected chi connectivity index (χ3v) is 4.23. The van der Waals surface area contributed by atoms with Gasteiger partial charge in [0.2, 0.25) is 0 Å². The fourth-order valence-electron chi connectivity index (χ4n) is 1.40. The number of hydrogen-bond acceptors (Lipinski definition) is 2. The fourth-order valence-corrected chi connectivity index (χ4v) is 2.65. The highest BCUT2D eigenvalue weighted by molar-refractivity contribution is 7.16. The Morgan fingerprint density at radius 1 is 1.17 bits per heavy atom. The quantitative estimate of drug-likeness (QED) is 0.646. The third kappa shape index (κ3) is 3.13. The van der Waals surface area contributed by atoms with Gasteiger partial charge in [-0.3, -0.25) is 4.98 Å². The van der Waals surface area contributed by atoms with Crippen LogP contribution < -0.4 is 0 Å². The second-order valence-electron chi connectivity index (χ2n) is 5.03. The van der Waals surface area contributed by atoms with Crippen molar-refractivity contribution in [3.63, 3.8) is 0 Å². The van der Waals surface area contributed by atoms with Crippen molar-refractivity contribution in [1.82, 2.24) is 4.98 Å². The van der Waals surface area contributed by atoms with Crippen LogP contribution in [0.2, 0.25) is 4.34 Å². The Labute approximate surface area is 117 Å². The first kappa shape index (κ1) is 13.1. The van der Waals surface area contributed by atoms with Crippen LogP contribution in [0.4, 0.5) is 0 Å². The molecule has 0 amide bonds. The molecule has 0 fully saturated rings. The fraction of sp³-hybridized carbons (Fsp3) is 0.267. The second-order valence-corrected chi connectivity index (χ2v) is 6.69. The second kappa shape index (κ2) is 5.14. The van der Waals surface area contributed by atoms with Gasteiger partial charge in [0.25, 0.3) is 0 Å². The number of hydrogen-bond donors (Lipinski definition) is 0. The molecule has 0 aliphatic carbocycles. The monoisotopic (exact) mass is 275 g/mol. The lowest BCUT2D eigenvalue weighted by Crippen LogP contribution is -2.07. The van der Waals surface area contributed by atoms with Crippen LogP contribution >= 0.6 is 22.9 Å². The van der Waals surface area contributed by atoms with Crippen molar-refractivity contribution in [3.8, 4) is 11.8 Å². The van der Waals surface area contributed by atoms with Gasteiger partial charge in [-0.15, -0.1) is 11.3 Å². The largest absolute Gasteiger partial charge is 0.265 e. The average Bonchev–Trinajstić information content (AvgIpc) is 2.69. The molecule has 1 nitrogen and oxygen atoms in total. The summed E-state index contributed by atoms with van der Waals surface area (Å²) < 4.78 is 0.765. The summed E-state index contributed by atoms with van der Waals surface area (Å²) in [7, 11) is 0. The first-order chi connectivity index (χ1) is 8.47. The number of halogens is 1. The third-order valence-electron chi connectivity index (χ3n) is 2.45. The summed E-state index contributed by atoms with van der Waals surface area (Å²) in [5.41, 5.74) is 1.97. The van der Waals surface area contributed by atoms with Crippen LogP contribution in [0, 0.1) is 11.8 Å². The number of thiophene rings is 1. The van der Waals surface area contributed by atoms with E-state index in [0.717, 1.165) is 15.5 Å². The van der Waals surface area contributed by atoms with Crippen molar-refractivity contribution in [3.05, 3.63) is 50.9 Å². The van der Waals surface area contributed by atoms with Crippen LogP contribution in [0.5, 0.6) is 0 Å². The summed E-state index contributed by atoms with van der Waals surface area (Å²) in [5.74, 6) is 6.22. The summed E-state index contributed by atoms with van der Waals surface area (Å²) in [6, 6.07) is 5.86. The average molecular weight is 276 g/mol. The van der Waals surface area contributed by atoms with Gasteiger partial charge in [-0.1, -0.05) is 44.2 Å². The molecule has 0 spiro atoms. The summed E-state index contributed by atoms with van der Waals surface area (Å²) in [4.78, 5) is 5.22. The predicted octanol–water partition coefficient (Wildman–Crippen LogP) is 4.49. The number of aromatic nitrogens is 1. The van der Waals surface area contributed by atoms with Gasteiger partial charge < -0.3 is 0 Å². The first-order valence-corrected chi connectivity index (χ1v) is 6.88. The Bertz CT molecular complexity index is 597. The van der Waals surface area contributed by atoms with Crippen molar-refractivity contribution in [2.45, 2.75) is 26.2 Å². The number of pyridine rings is 1. The van der Waals surface area contributed by atoms with Crippen LogP contribution in [0.3, 0.4) is 0 Å². The Balaban J connectivity index is 2.31. The number of nitrogens with zero attached hydrogens (tertiary/aromatic N) is 1. The standard InChI is InChI=1S/C15H14ClNS/c1-15(2,3)13-10-12(14(16)18-13)5-4-11-6-8-17-9-7-11/h6-10H,1-3H3. The van der Waals surface area contributed by atoms with Gasteiger partial charge in [0.05, 0.1) is 5.56 Å². The Hall–Kier alpha value is -1.30. The lowest BCUT2D eigenvalue weighted by Gasteiger charge is -2.14. The maximum atomic E-state index is 6.22. The summed E-state index contributed by atoms with van der Waals surface area (Å²) in [6.45, 7) is 6.53. The molecule has 0 N–H and O–H groups in total. The molecular weight excluding hydrogens is 262 g/mol. The molecular formula is C15H14ClNS. The van der Waals surface area contributed by atoms with Crippen molar-refractivity contribution < 1.29 is 0 Å². The molecule has 18 heavy (non-hydrogen) atoms. The normalized spacial score (nSPS) is 10.9. The highest BCUT2D eigenvalue weighted by Gasteiger charge is 2.18. The molecule has 2 aromatic rings. The van der Waals surface area contributed by atoms with Gasteiger partial charge in [-0.05, 0) is 23.6 Å². The van der Waals surface area contributed by atoms with Gasteiger partial charge >= 0.3 is 0 Å². The molecule has 2 heterocycles. The van der Waals surface area contributed by atoms with Crippen LogP contribution in [-0.2, 0) is 5.41 Å². The van der Waals surface area contributed by atoms with E-state index in [4.69, 9.17) is 11.6 Å². The van der Waals surface area contributed by atoms with E-state index in [-0.39, 0.29) is 5.41 Å². The first-order valence-electron chi connectivity index (χ1n) is 5.68. The molecule has 2 rings (SSSR count). The minimum Gasteiger partial charge on any atom is -0.265 e. The molecule has 0 atom stereocenters. The lowest BCUT2D eigenvalue weighted by molar-refractivity contribution is 0.604. The van der Waals surface area contributed by atoms with E-state index in [1.807, 2.05) is 12.1 Å². The molecule has 0 bridgehead atoms. The van der Waals surface area contributed by atoms with E-state index in [9.17, 15) is 0 Å². The molecule has 0 saturated heterocycles. The molecule has 92 valence electrons. The van der Waals surface area contributed by atoms with E-state index < -0.39 is 0 Å². The number of rotatable bonds is 0. The minimum atomic E-state index is 0.116. The molecule has 0 aliphatic heterocycles. The van der Waals surface area contributed by atoms with Gasteiger partial charge in [0, 0.05) is 22.8 Å². The Morgan fingerprint density at radius 3 is 2.39 bits per heavy atom. The summed E-state index contributed by atoms with van der Waals surface area (Å²) in [6.07, 6.45) is 3.47. The molecule has 2 aromatic heterocycles. The highest BCUT2D eigenvalue weighted by atomic mass is 35.5. The zero-order valence-corrected chi connectivity index (χ0v) is 12.2. The molecule has 0 saturated carbocycles. The SMILES string of the molecule is CC(C)(C)c1cc(C#Cc2ccncc2)c(Cl)s1. The van der Waals surface area contributed by atoms with E-state index in [1.54, 1.807) is 23.7 Å². The van der Waals surface area contributed by atoms with Crippen molar-refractivity contribution in [2.75, 3.05) is 0 Å². The maximum absolute atomic E-state index is 6.22. The minimum absolute atomic E-state index is 0.116. The van der Waals surface area contributed by atoms with Crippen LogP contribution in [0.15, 0.2) is 30.6 Å². The van der Waals surface area contributed by atoms with Crippen molar-refractivity contribution in [1.29, 1.82) is 0 Å². The summed E-state index contributed by atoms with van der Waals surface area (Å²) >= 11 is 7.83. The smallest absolute Gasteiger partial charge is 0.109 e. The zero-order chi connectivity index (χ0) is 13.2. The van der Waals surface area contributed by atoms with Gasteiger partial charge in [-0.2, -0.15) is 0 Å². The van der Waals surface area contributed by atoms with Crippen LogP contribution in [0.1, 0.15) is 36.8 Å². The molecule has 0 aromatic carbocycles. The van der Waals surface area contributed by atoms with E-state index >= 15 is 0 Å². The molecule has 0 unspecified atom stereocenters. The van der Waals surface area contributed by atoms with Gasteiger partial charge in [0.15, 0.2) is 0 Å². The summed E-state index contributed by atoms with van der Waals surface area (Å²) in [5, 5.41) is 0. The lowest BCUT2D eigenvalue weighted by atomic mass is 9.94. The van der Waals surface area contributed by atoms with Crippen molar-refractivity contribution >= 4 is 22.9 Å².